The van der Waals surface area contributed by atoms with Crippen LogP contribution in [0.25, 0.3) is 0 Å². The molecule has 1 atom stereocenters. The first kappa shape index (κ1) is 13.3. The molecule has 0 amide bonds. The number of hydrogen-bond donors (Lipinski definition) is 2. The van der Waals surface area contributed by atoms with Gasteiger partial charge in [-0.1, -0.05) is 13.3 Å². The van der Waals surface area contributed by atoms with Crippen molar-refractivity contribution >= 4 is 0 Å². The van der Waals surface area contributed by atoms with Gasteiger partial charge >= 0.3 is 0 Å². The summed E-state index contributed by atoms with van der Waals surface area (Å²) in [5.41, 5.74) is 0. The van der Waals surface area contributed by atoms with Gasteiger partial charge in [0.05, 0.1) is 0 Å². The van der Waals surface area contributed by atoms with Crippen molar-refractivity contribution in [2.45, 2.75) is 45.1 Å². The minimum Gasteiger partial charge on any atom is -0.314 e. The lowest BCUT2D eigenvalue weighted by molar-refractivity contribution is 0.192. The van der Waals surface area contributed by atoms with E-state index in [0.717, 1.165) is 25.0 Å². The molecule has 3 heteroatoms. The minimum atomic E-state index is 0.727. The Morgan fingerprint density at radius 3 is 2.71 bits per heavy atom. The summed E-state index contributed by atoms with van der Waals surface area (Å²) in [6, 6.07) is 0.727. The molecule has 0 spiro atoms. The topological polar surface area (TPSA) is 27.3 Å². The third-order valence-electron chi connectivity index (χ3n) is 4.28. The third-order valence-corrected chi connectivity index (χ3v) is 4.28. The van der Waals surface area contributed by atoms with E-state index in [1.54, 1.807) is 0 Å². The van der Waals surface area contributed by atoms with Gasteiger partial charge in [-0.25, -0.2) is 0 Å². The van der Waals surface area contributed by atoms with E-state index < -0.39 is 0 Å². The Morgan fingerprint density at radius 1 is 1.18 bits per heavy atom. The third kappa shape index (κ3) is 4.94. The van der Waals surface area contributed by atoms with Gasteiger partial charge in [0.2, 0.25) is 0 Å². The van der Waals surface area contributed by atoms with Crippen LogP contribution in [0, 0.1) is 5.92 Å². The van der Waals surface area contributed by atoms with Crippen molar-refractivity contribution in [3.05, 3.63) is 0 Å². The van der Waals surface area contributed by atoms with Crippen LogP contribution in [-0.2, 0) is 0 Å². The Labute approximate surface area is 106 Å². The smallest absolute Gasteiger partial charge is 0.0192 e. The molecular formula is C14H29N3. The van der Waals surface area contributed by atoms with Crippen molar-refractivity contribution in [2.75, 3.05) is 39.3 Å². The monoisotopic (exact) mass is 239 g/mol. The molecular weight excluding hydrogens is 210 g/mol. The molecule has 2 rings (SSSR count). The first-order chi connectivity index (χ1) is 8.34. The molecule has 2 aliphatic rings. The van der Waals surface area contributed by atoms with Crippen molar-refractivity contribution in [1.82, 2.24) is 15.5 Å². The molecule has 0 radical (unpaired) electrons. The van der Waals surface area contributed by atoms with Gasteiger partial charge in [-0.15, -0.1) is 0 Å². The van der Waals surface area contributed by atoms with Gasteiger partial charge in [-0.3, -0.25) is 0 Å². The second-order valence-corrected chi connectivity index (χ2v) is 5.88. The molecule has 2 saturated heterocycles. The van der Waals surface area contributed by atoms with Gasteiger partial charge in [-0.05, 0) is 51.2 Å². The highest BCUT2D eigenvalue weighted by atomic mass is 15.1. The lowest BCUT2D eigenvalue weighted by Gasteiger charge is -2.30. The average Bonchev–Trinajstić information content (AvgIpc) is 2.38. The number of piperidine rings is 2. The van der Waals surface area contributed by atoms with Crippen molar-refractivity contribution in [1.29, 1.82) is 0 Å². The van der Waals surface area contributed by atoms with Crippen LogP contribution in [-0.4, -0.2) is 50.2 Å². The van der Waals surface area contributed by atoms with E-state index in [1.165, 1.54) is 58.3 Å². The van der Waals surface area contributed by atoms with Crippen LogP contribution in [0.2, 0.25) is 0 Å². The highest BCUT2D eigenvalue weighted by molar-refractivity contribution is 4.75. The summed E-state index contributed by atoms with van der Waals surface area (Å²) in [5.74, 6) is 0.950. The molecule has 0 aromatic heterocycles. The second-order valence-electron chi connectivity index (χ2n) is 5.88. The van der Waals surface area contributed by atoms with E-state index in [0.29, 0.717) is 0 Å². The molecule has 2 fully saturated rings. The number of hydrogen-bond acceptors (Lipinski definition) is 3. The summed E-state index contributed by atoms with van der Waals surface area (Å²) in [5, 5.41) is 7.20. The van der Waals surface area contributed by atoms with Crippen molar-refractivity contribution in [3.63, 3.8) is 0 Å². The van der Waals surface area contributed by atoms with Crippen LogP contribution in [0.15, 0.2) is 0 Å². The molecule has 2 N–H and O–H groups in total. The SMILES string of the molecule is CC1CCN(CCNCC2CCCCN2)CC1. The van der Waals surface area contributed by atoms with E-state index in [4.69, 9.17) is 0 Å². The molecule has 0 aromatic carbocycles. The maximum atomic E-state index is 3.61. The van der Waals surface area contributed by atoms with Gasteiger partial charge in [-0.2, -0.15) is 0 Å². The second kappa shape index (κ2) is 7.34. The molecule has 0 aromatic rings. The van der Waals surface area contributed by atoms with E-state index in [-0.39, 0.29) is 0 Å². The van der Waals surface area contributed by atoms with Crippen molar-refractivity contribution < 1.29 is 0 Å². The number of likely N-dealkylation sites (tertiary alicyclic amines) is 1. The average molecular weight is 239 g/mol. The Kier molecular flexibility index (Phi) is 5.75. The zero-order chi connectivity index (χ0) is 11.9. The number of nitrogens with one attached hydrogen (secondary N) is 2. The van der Waals surface area contributed by atoms with Crippen LogP contribution in [0.1, 0.15) is 39.0 Å². The molecule has 0 bridgehead atoms. The molecule has 2 aliphatic heterocycles. The van der Waals surface area contributed by atoms with Crippen LogP contribution in [0.5, 0.6) is 0 Å². The van der Waals surface area contributed by atoms with Crippen LogP contribution < -0.4 is 10.6 Å². The van der Waals surface area contributed by atoms with Gasteiger partial charge < -0.3 is 15.5 Å². The first-order valence-corrected chi connectivity index (χ1v) is 7.51. The van der Waals surface area contributed by atoms with Crippen molar-refractivity contribution in [2.24, 2.45) is 5.92 Å². The van der Waals surface area contributed by atoms with E-state index in [9.17, 15) is 0 Å². The molecule has 0 saturated carbocycles. The van der Waals surface area contributed by atoms with Gasteiger partial charge in [0, 0.05) is 25.7 Å². The number of rotatable bonds is 5. The summed E-state index contributed by atoms with van der Waals surface area (Å²) in [6.07, 6.45) is 6.91. The fourth-order valence-corrected chi connectivity index (χ4v) is 2.90. The Balaban J connectivity index is 1.48. The Bertz CT molecular complexity index is 194. The molecule has 3 nitrogen and oxygen atoms in total. The lowest BCUT2D eigenvalue weighted by Crippen LogP contribution is -2.44. The molecule has 2 heterocycles. The molecule has 100 valence electrons. The normalized spacial score (nSPS) is 28.4. The van der Waals surface area contributed by atoms with Crippen LogP contribution >= 0.6 is 0 Å². The van der Waals surface area contributed by atoms with E-state index in [1.807, 2.05) is 0 Å². The quantitative estimate of drug-likeness (QED) is 0.711. The highest BCUT2D eigenvalue weighted by Crippen LogP contribution is 2.15. The summed E-state index contributed by atoms with van der Waals surface area (Å²) >= 11 is 0. The maximum absolute atomic E-state index is 3.61. The fourth-order valence-electron chi connectivity index (χ4n) is 2.90. The molecule has 17 heavy (non-hydrogen) atoms. The van der Waals surface area contributed by atoms with Gasteiger partial charge in [0.1, 0.15) is 0 Å². The predicted molar refractivity (Wildman–Crippen MR) is 73.3 cm³/mol. The van der Waals surface area contributed by atoms with E-state index in [2.05, 4.69) is 22.5 Å². The minimum absolute atomic E-state index is 0.727. The molecule has 0 aliphatic carbocycles. The summed E-state index contributed by atoms with van der Waals surface area (Å²) in [6.45, 7) is 9.77. The fraction of sp³-hybridized carbons (Fsp3) is 1.00. The standard InChI is InChI=1S/C14H29N3/c1-13-5-9-17(10-6-13)11-8-15-12-14-4-2-3-7-16-14/h13-16H,2-12H2,1H3. The lowest BCUT2D eigenvalue weighted by atomic mass is 9.99. The largest absolute Gasteiger partial charge is 0.314 e. The Morgan fingerprint density at radius 2 is 2.00 bits per heavy atom. The zero-order valence-corrected chi connectivity index (χ0v) is 11.4. The Hall–Kier alpha value is -0.120. The van der Waals surface area contributed by atoms with Crippen LogP contribution in [0.4, 0.5) is 0 Å². The van der Waals surface area contributed by atoms with Crippen molar-refractivity contribution in [3.8, 4) is 0 Å². The summed E-state index contributed by atoms with van der Waals surface area (Å²) < 4.78 is 0. The highest BCUT2D eigenvalue weighted by Gasteiger charge is 2.15. The summed E-state index contributed by atoms with van der Waals surface area (Å²) in [4.78, 5) is 2.61. The molecule has 1 unspecified atom stereocenters. The van der Waals surface area contributed by atoms with Crippen LogP contribution in [0.3, 0.4) is 0 Å². The van der Waals surface area contributed by atoms with Gasteiger partial charge in [0.25, 0.3) is 0 Å². The zero-order valence-electron chi connectivity index (χ0n) is 11.4. The predicted octanol–water partition coefficient (Wildman–Crippen LogP) is 1.45. The summed E-state index contributed by atoms with van der Waals surface area (Å²) in [7, 11) is 0. The van der Waals surface area contributed by atoms with Gasteiger partial charge in [0.15, 0.2) is 0 Å². The maximum Gasteiger partial charge on any atom is 0.0192 e. The van der Waals surface area contributed by atoms with E-state index >= 15 is 0 Å². The number of nitrogens with zero attached hydrogens (tertiary/aromatic N) is 1. The first-order valence-electron chi connectivity index (χ1n) is 7.51.